The van der Waals surface area contributed by atoms with Crippen molar-refractivity contribution in [2.24, 2.45) is 16.6 Å². The predicted molar refractivity (Wildman–Crippen MR) is 146 cm³/mol. The number of rotatable bonds is 6. The highest BCUT2D eigenvalue weighted by Gasteiger charge is 2.21. The number of carbonyl (C=O) groups excluding carboxylic acids is 2. The van der Waals surface area contributed by atoms with Gasteiger partial charge in [-0.15, -0.1) is 0 Å². The van der Waals surface area contributed by atoms with E-state index < -0.39 is 15.9 Å². The van der Waals surface area contributed by atoms with Crippen molar-refractivity contribution in [3.63, 3.8) is 0 Å². The van der Waals surface area contributed by atoms with E-state index in [0.29, 0.717) is 16.9 Å². The van der Waals surface area contributed by atoms with E-state index in [1.54, 1.807) is 36.4 Å². The van der Waals surface area contributed by atoms with Crippen molar-refractivity contribution in [2.75, 3.05) is 23.7 Å². The van der Waals surface area contributed by atoms with Gasteiger partial charge in [-0.25, -0.2) is 13.2 Å². The maximum Gasteiger partial charge on any atom is 0.323 e. The molecule has 3 aromatic rings. The van der Waals surface area contributed by atoms with Crippen molar-refractivity contribution < 1.29 is 18.0 Å². The van der Waals surface area contributed by atoms with E-state index in [9.17, 15) is 18.0 Å². The first-order chi connectivity index (χ1) is 17.7. The fraction of sp³-hybridized carbons (Fsp3) is 0.192. The molecule has 0 unspecified atom stereocenters. The summed E-state index contributed by atoms with van der Waals surface area (Å²) in [6.07, 6.45) is 1.46. The highest BCUT2D eigenvalue weighted by molar-refractivity contribution is 9.10. The van der Waals surface area contributed by atoms with E-state index in [1.807, 2.05) is 0 Å². The molecule has 0 bridgehead atoms. The van der Waals surface area contributed by atoms with Gasteiger partial charge in [-0.3, -0.25) is 4.79 Å². The van der Waals surface area contributed by atoms with Crippen LogP contribution in [0.5, 0.6) is 0 Å². The average Bonchev–Trinajstić information content (AvgIpc) is 2.90. The zero-order valence-corrected chi connectivity index (χ0v) is 22.2. The molecule has 1 heterocycles. The standard InChI is InChI=1S/C26H26BrN5O4S/c27-19-4-8-22(9-5-19)37(35,36)23-10-6-20(7-11-23)30-26(34)31-21-3-1-2-18(16-21)24(28)32-25(33)17-12-14-29-15-13-17/h1-11,16-17,29H,12-15H2,(H2,28,32,33)(H2,30,31,34). The number of hydrogen-bond donors (Lipinski definition) is 4. The van der Waals surface area contributed by atoms with Gasteiger partial charge >= 0.3 is 6.03 Å². The number of benzene rings is 3. The summed E-state index contributed by atoms with van der Waals surface area (Å²) in [5, 5.41) is 8.58. The van der Waals surface area contributed by atoms with Crippen LogP contribution in [-0.2, 0) is 14.6 Å². The minimum Gasteiger partial charge on any atom is -0.383 e. The first-order valence-corrected chi connectivity index (χ1v) is 13.9. The molecule has 3 aromatic carbocycles. The Hall–Kier alpha value is -3.54. The summed E-state index contributed by atoms with van der Waals surface area (Å²) in [6, 6.07) is 18.4. The lowest BCUT2D eigenvalue weighted by molar-refractivity contribution is -0.122. The van der Waals surface area contributed by atoms with E-state index in [-0.39, 0.29) is 27.5 Å². The van der Waals surface area contributed by atoms with Crippen LogP contribution in [0, 0.1) is 5.92 Å². The Morgan fingerprint density at radius 2 is 1.49 bits per heavy atom. The molecule has 0 aliphatic carbocycles. The summed E-state index contributed by atoms with van der Waals surface area (Å²) in [5.41, 5.74) is 7.44. The Labute approximate surface area is 223 Å². The van der Waals surface area contributed by atoms with Crippen LogP contribution in [0.25, 0.3) is 0 Å². The van der Waals surface area contributed by atoms with Crippen molar-refractivity contribution in [3.8, 4) is 0 Å². The molecule has 0 aromatic heterocycles. The van der Waals surface area contributed by atoms with Crippen molar-refractivity contribution in [1.29, 1.82) is 0 Å². The third-order valence-corrected chi connectivity index (χ3v) is 8.20. The number of urea groups is 1. The maximum absolute atomic E-state index is 12.8. The number of hydrogen-bond acceptors (Lipinski definition) is 5. The Morgan fingerprint density at radius 3 is 2.14 bits per heavy atom. The fourth-order valence-corrected chi connectivity index (χ4v) is 5.39. The molecule has 192 valence electrons. The highest BCUT2D eigenvalue weighted by atomic mass is 79.9. The highest BCUT2D eigenvalue weighted by Crippen LogP contribution is 2.24. The van der Waals surface area contributed by atoms with Crippen molar-refractivity contribution in [2.45, 2.75) is 22.6 Å². The molecule has 1 saturated heterocycles. The van der Waals surface area contributed by atoms with Crippen molar-refractivity contribution in [3.05, 3.63) is 82.8 Å². The van der Waals surface area contributed by atoms with Gasteiger partial charge in [0, 0.05) is 27.3 Å². The normalized spacial score (nSPS) is 14.7. The second-order valence-corrected chi connectivity index (χ2v) is 11.4. The Kier molecular flexibility index (Phi) is 8.37. The van der Waals surface area contributed by atoms with Gasteiger partial charge in [0.2, 0.25) is 9.84 Å². The summed E-state index contributed by atoms with van der Waals surface area (Å²) < 4.78 is 26.4. The summed E-state index contributed by atoms with van der Waals surface area (Å²) in [4.78, 5) is 29.3. The Morgan fingerprint density at radius 1 is 0.892 bits per heavy atom. The van der Waals surface area contributed by atoms with Gasteiger partial charge in [0.1, 0.15) is 5.84 Å². The van der Waals surface area contributed by atoms with Crippen LogP contribution in [0.3, 0.4) is 0 Å². The molecule has 3 amide bonds. The molecule has 1 aliphatic heterocycles. The van der Waals surface area contributed by atoms with E-state index in [4.69, 9.17) is 5.73 Å². The minimum atomic E-state index is -3.68. The second-order valence-electron chi connectivity index (χ2n) is 8.50. The van der Waals surface area contributed by atoms with Crippen LogP contribution in [0.15, 0.2) is 92.1 Å². The molecule has 9 nitrogen and oxygen atoms in total. The van der Waals surface area contributed by atoms with E-state index in [2.05, 4.69) is 36.9 Å². The number of aliphatic imine (C=N–C) groups is 1. The van der Waals surface area contributed by atoms with Crippen LogP contribution in [-0.4, -0.2) is 39.3 Å². The lowest BCUT2D eigenvalue weighted by Crippen LogP contribution is -2.32. The maximum atomic E-state index is 12.8. The van der Waals surface area contributed by atoms with Crippen LogP contribution in [0.1, 0.15) is 18.4 Å². The van der Waals surface area contributed by atoms with Crippen LogP contribution >= 0.6 is 15.9 Å². The number of amidine groups is 1. The molecular formula is C26H26BrN5O4S. The molecule has 0 radical (unpaired) electrons. The van der Waals surface area contributed by atoms with Crippen molar-refractivity contribution in [1.82, 2.24) is 5.32 Å². The van der Waals surface area contributed by atoms with E-state index in [0.717, 1.165) is 30.4 Å². The zero-order valence-electron chi connectivity index (χ0n) is 19.8. The third kappa shape index (κ3) is 6.82. The smallest absolute Gasteiger partial charge is 0.323 e. The molecule has 11 heteroatoms. The number of carbonyl (C=O) groups is 2. The molecular weight excluding hydrogens is 558 g/mol. The molecule has 4 rings (SSSR count). The molecule has 1 aliphatic rings. The minimum absolute atomic E-state index is 0.0927. The first-order valence-electron chi connectivity index (χ1n) is 11.6. The van der Waals surface area contributed by atoms with Gasteiger partial charge in [0.25, 0.3) is 5.91 Å². The van der Waals surface area contributed by atoms with Gasteiger partial charge in [0.05, 0.1) is 9.79 Å². The van der Waals surface area contributed by atoms with Gasteiger partial charge in [-0.05, 0) is 86.6 Å². The fourth-order valence-electron chi connectivity index (χ4n) is 3.86. The Balaban J connectivity index is 1.39. The third-order valence-electron chi connectivity index (χ3n) is 5.88. The summed E-state index contributed by atoms with van der Waals surface area (Å²) in [5.74, 6) is -0.279. The number of sulfone groups is 1. The lowest BCUT2D eigenvalue weighted by atomic mass is 9.97. The quantitative estimate of drug-likeness (QED) is 0.253. The van der Waals surface area contributed by atoms with Gasteiger partial charge in [0.15, 0.2) is 0 Å². The second kappa shape index (κ2) is 11.7. The van der Waals surface area contributed by atoms with E-state index in [1.165, 1.54) is 36.4 Å². The van der Waals surface area contributed by atoms with Gasteiger partial charge < -0.3 is 21.7 Å². The largest absolute Gasteiger partial charge is 0.383 e. The SMILES string of the molecule is NC(=NC(=O)C1CCNCC1)c1cccc(NC(=O)Nc2ccc(S(=O)(=O)c3ccc(Br)cc3)cc2)c1. The predicted octanol–water partition coefficient (Wildman–Crippen LogP) is 4.16. The number of anilines is 2. The molecule has 37 heavy (non-hydrogen) atoms. The summed E-state index contributed by atoms with van der Waals surface area (Å²) in [6.45, 7) is 1.56. The van der Waals surface area contributed by atoms with E-state index >= 15 is 0 Å². The molecule has 0 atom stereocenters. The summed E-state index contributed by atoms with van der Waals surface area (Å²) >= 11 is 3.29. The number of piperidine rings is 1. The van der Waals surface area contributed by atoms with Crippen molar-refractivity contribution >= 4 is 54.9 Å². The number of nitrogens with one attached hydrogen (secondary N) is 3. The number of halogens is 1. The monoisotopic (exact) mass is 583 g/mol. The lowest BCUT2D eigenvalue weighted by Gasteiger charge is -2.19. The number of nitrogens with zero attached hydrogens (tertiary/aromatic N) is 1. The topological polar surface area (TPSA) is 143 Å². The van der Waals surface area contributed by atoms with Gasteiger partial charge in [-0.1, -0.05) is 28.1 Å². The average molecular weight is 584 g/mol. The molecule has 0 spiro atoms. The summed E-state index contributed by atoms with van der Waals surface area (Å²) in [7, 11) is -3.68. The number of nitrogens with two attached hydrogens (primary N) is 1. The van der Waals surface area contributed by atoms with Gasteiger partial charge in [-0.2, -0.15) is 4.99 Å². The van der Waals surface area contributed by atoms with Crippen LogP contribution in [0.2, 0.25) is 0 Å². The number of amides is 3. The zero-order chi connectivity index (χ0) is 26.4. The van der Waals surface area contributed by atoms with Crippen LogP contribution < -0.4 is 21.7 Å². The first kappa shape index (κ1) is 26.5. The molecule has 0 saturated carbocycles. The van der Waals surface area contributed by atoms with Crippen LogP contribution in [0.4, 0.5) is 16.2 Å². The molecule has 1 fully saturated rings. The Bertz CT molecular complexity index is 1420. The molecule has 5 N–H and O–H groups in total.